The summed E-state index contributed by atoms with van der Waals surface area (Å²) in [5, 5.41) is 20.2. The van der Waals surface area contributed by atoms with Crippen molar-refractivity contribution in [1.29, 1.82) is 0 Å². The van der Waals surface area contributed by atoms with Crippen LogP contribution in [-0.2, 0) is 40.0 Å². The first-order valence-electron chi connectivity index (χ1n) is 18.1. The van der Waals surface area contributed by atoms with E-state index in [0.717, 1.165) is 32.1 Å². The smallest absolute Gasteiger partial charge is 0.304 e. The molecule has 9 N–H and O–H groups in total. The number of guanidine groups is 1. The molecule has 0 saturated carbocycles. The highest BCUT2D eigenvalue weighted by molar-refractivity contribution is 5.99. The molecular formula is C36H54N8O8. The molecule has 3 rings (SSSR count). The number of nitrogens with one attached hydrogen (secondary N) is 4. The molecular weight excluding hydrogens is 672 g/mol. The van der Waals surface area contributed by atoms with Crippen molar-refractivity contribution in [2.75, 3.05) is 26.2 Å². The number of carboxylic acid groups (broad SMARTS) is 1. The monoisotopic (exact) mass is 726 g/mol. The zero-order valence-corrected chi connectivity index (χ0v) is 30.0. The van der Waals surface area contributed by atoms with Crippen LogP contribution < -0.4 is 32.7 Å². The third-order valence-electron chi connectivity index (χ3n) is 9.50. The van der Waals surface area contributed by atoms with E-state index in [4.69, 9.17) is 11.5 Å². The summed E-state index contributed by atoms with van der Waals surface area (Å²) in [6.07, 6.45) is 4.55. The van der Waals surface area contributed by atoms with Gasteiger partial charge >= 0.3 is 5.97 Å². The number of aliphatic carboxylic acids is 1. The summed E-state index contributed by atoms with van der Waals surface area (Å²) >= 11 is 0. The van der Waals surface area contributed by atoms with Crippen molar-refractivity contribution in [3.63, 3.8) is 0 Å². The Morgan fingerprint density at radius 2 is 1.62 bits per heavy atom. The van der Waals surface area contributed by atoms with Gasteiger partial charge in [0.05, 0.1) is 24.9 Å². The molecule has 0 bridgehead atoms. The number of carboxylic acids is 1. The molecule has 2 heterocycles. The summed E-state index contributed by atoms with van der Waals surface area (Å²) in [5.41, 5.74) is 10.00. The van der Waals surface area contributed by atoms with Gasteiger partial charge in [-0.3, -0.25) is 38.6 Å². The van der Waals surface area contributed by atoms with Crippen molar-refractivity contribution in [2.24, 2.45) is 22.4 Å². The van der Waals surface area contributed by atoms with E-state index >= 15 is 0 Å². The number of carbonyl (C=O) groups excluding carboxylic acids is 6. The lowest BCUT2D eigenvalue weighted by Gasteiger charge is -2.42. The minimum absolute atomic E-state index is 0.0347. The predicted octanol–water partition coefficient (Wildman–Crippen LogP) is 0.270. The average Bonchev–Trinajstić information content (AvgIpc) is 3.11. The second-order valence-electron chi connectivity index (χ2n) is 13.6. The first-order valence-corrected chi connectivity index (χ1v) is 18.1. The van der Waals surface area contributed by atoms with Crippen LogP contribution in [0.1, 0.15) is 89.5 Å². The Hall–Kier alpha value is -5.02. The number of Topliss-reactive ketones (excluding diaryl/α,β-unsaturated/α-hetero) is 1. The summed E-state index contributed by atoms with van der Waals surface area (Å²) in [7, 11) is 0. The Kier molecular flexibility index (Phi) is 16.5. The van der Waals surface area contributed by atoms with Crippen molar-refractivity contribution in [3.05, 3.63) is 35.9 Å². The number of amides is 5. The van der Waals surface area contributed by atoms with Crippen LogP contribution in [0.4, 0.5) is 0 Å². The Bertz CT molecular complexity index is 1440. The van der Waals surface area contributed by atoms with Crippen LogP contribution in [0.25, 0.3) is 0 Å². The van der Waals surface area contributed by atoms with E-state index in [1.165, 1.54) is 0 Å². The van der Waals surface area contributed by atoms with Gasteiger partial charge in [0.2, 0.25) is 29.5 Å². The van der Waals surface area contributed by atoms with Crippen LogP contribution in [0.3, 0.4) is 0 Å². The number of carbonyl (C=O) groups is 7. The minimum Gasteiger partial charge on any atom is -0.481 e. The van der Waals surface area contributed by atoms with Crippen molar-refractivity contribution >= 4 is 47.2 Å². The van der Waals surface area contributed by atoms with Gasteiger partial charge in [-0.05, 0) is 44.1 Å². The topological polar surface area (TPSA) is 255 Å². The SMILES string of the molecule is CCCCCCCC(=O)N1CCC2(CC1)NC(=O)[C@H](CCCN=C(N)N)NC(=O)CNC(=O)[C@H](CC(=O)O)CC(=O)[C@@H](Cc1ccccc1)NC2=O. The molecule has 1 spiro atoms. The highest BCUT2D eigenvalue weighted by Gasteiger charge is 2.46. The second kappa shape index (κ2) is 20.7. The Balaban J connectivity index is 1.97. The van der Waals surface area contributed by atoms with Gasteiger partial charge in [-0.1, -0.05) is 62.9 Å². The molecule has 0 aliphatic carbocycles. The molecule has 1 aromatic carbocycles. The number of hydrogen-bond donors (Lipinski definition) is 7. The van der Waals surface area contributed by atoms with Crippen LogP contribution in [0.5, 0.6) is 0 Å². The fourth-order valence-corrected chi connectivity index (χ4v) is 6.48. The largest absolute Gasteiger partial charge is 0.481 e. The molecule has 3 atom stereocenters. The Morgan fingerprint density at radius 3 is 2.27 bits per heavy atom. The highest BCUT2D eigenvalue weighted by Crippen LogP contribution is 2.26. The molecule has 1 aromatic rings. The van der Waals surface area contributed by atoms with E-state index in [1.54, 1.807) is 35.2 Å². The third kappa shape index (κ3) is 13.3. The van der Waals surface area contributed by atoms with Gasteiger partial charge in [-0.15, -0.1) is 0 Å². The van der Waals surface area contributed by atoms with Crippen LogP contribution >= 0.6 is 0 Å². The quantitative estimate of drug-likeness (QED) is 0.0782. The van der Waals surface area contributed by atoms with Crippen molar-refractivity contribution in [2.45, 2.75) is 108 Å². The molecule has 2 saturated heterocycles. The van der Waals surface area contributed by atoms with E-state index < -0.39 is 78.3 Å². The number of benzene rings is 1. The number of hydrogen-bond acceptors (Lipinski definition) is 8. The van der Waals surface area contributed by atoms with Crippen LogP contribution in [0, 0.1) is 5.92 Å². The predicted molar refractivity (Wildman–Crippen MR) is 192 cm³/mol. The molecule has 0 radical (unpaired) electrons. The van der Waals surface area contributed by atoms with Gasteiger partial charge in [0, 0.05) is 32.5 Å². The van der Waals surface area contributed by atoms with Gasteiger partial charge in [-0.25, -0.2) is 0 Å². The van der Waals surface area contributed by atoms with Gasteiger partial charge in [0.1, 0.15) is 11.6 Å². The van der Waals surface area contributed by atoms with Gasteiger partial charge in [0.15, 0.2) is 11.7 Å². The Morgan fingerprint density at radius 1 is 0.923 bits per heavy atom. The molecule has 16 heteroatoms. The zero-order valence-electron chi connectivity index (χ0n) is 30.0. The molecule has 2 aliphatic rings. The van der Waals surface area contributed by atoms with Gasteiger partial charge in [-0.2, -0.15) is 0 Å². The van der Waals surface area contributed by atoms with Crippen LogP contribution in [0.15, 0.2) is 35.3 Å². The van der Waals surface area contributed by atoms with Crippen molar-refractivity contribution < 1.29 is 38.7 Å². The lowest BCUT2D eigenvalue weighted by molar-refractivity contribution is -0.142. The molecule has 2 aliphatic heterocycles. The van der Waals surface area contributed by atoms with E-state index in [1.807, 2.05) is 0 Å². The maximum atomic E-state index is 14.4. The van der Waals surface area contributed by atoms with E-state index in [2.05, 4.69) is 33.2 Å². The van der Waals surface area contributed by atoms with E-state index in [9.17, 15) is 38.7 Å². The van der Waals surface area contributed by atoms with Crippen LogP contribution in [0.2, 0.25) is 0 Å². The summed E-state index contributed by atoms with van der Waals surface area (Å²) < 4.78 is 0. The molecule has 52 heavy (non-hydrogen) atoms. The van der Waals surface area contributed by atoms with Crippen molar-refractivity contribution in [3.8, 4) is 0 Å². The number of rotatable bonds is 14. The fraction of sp³-hybridized carbons (Fsp3) is 0.611. The molecule has 16 nitrogen and oxygen atoms in total. The molecule has 0 unspecified atom stereocenters. The highest BCUT2D eigenvalue weighted by atomic mass is 16.4. The summed E-state index contributed by atoms with van der Waals surface area (Å²) in [5.74, 6) is -6.36. The first-order chi connectivity index (χ1) is 24.8. The number of nitrogens with two attached hydrogens (primary N) is 2. The maximum absolute atomic E-state index is 14.4. The number of aliphatic imine (C=N–C) groups is 1. The zero-order chi connectivity index (χ0) is 38.1. The molecule has 0 aromatic heterocycles. The number of nitrogens with zero attached hydrogens (tertiary/aromatic N) is 2. The lowest BCUT2D eigenvalue weighted by atomic mass is 9.84. The second-order valence-corrected chi connectivity index (χ2v) is 13.6. The van der Waals surface area contributed by atoms with Gasteiger partial charge < -0.3 is 42.7 Å². The normalized spacial score (nSPS) is 21.5. The summed E-state index contributed by atoms with van der Waals surface area (Å²) in [4.78, 5) is 98.8. The number of likely N-dealkylation sites (tertiary alicyclic amines) is 1. The Labute approximate surface area is 304 Å². The first kappa shape index (κ1) is 41.4. The number of ketones is 1. The fourth-order valence-electron chi connectivity index (χ4n) is 6.48. The standard InChI is InChI=1S/C36H54N8O8/c1-2-3-4-5-9-14-30(47)44-18-15-36(16-19-44)34(52)42-27(20-24-11-7-6-8-12-24)28(45)21-25(22-31(48)49)32(50)40-23-29(46)41-26(33(51)43-36)13-10-17-39-35(37)38/h6-8,11-12,25-27H,2-5,9-10,13-23H2,1H3,(H,40,50)(H,41,46)(H,42,52)(H,43,51)(H,48,49)(H4,37,38,39)/t25-,26-,27+/m0/s1. The van der Waals surface area contributed by atoms with E-state index in [-0.39, 0.29) is 63.6 Å². The lowest BCUT2D eigenvalue weighted by Crippen LogP contribution is -2.67. The van der Waals surface area contributed by atoms with Crippen LogP contribution in [-0.4, -0.2) is 101 Å². The summed E-state index contributed by atoms with van der Waals surface area (Å²) in [6.45, 7) is 2.01. The third-order valence-corrected chi connectivity index (χ3v) is 9.50. The number of piperidine rings is 1. The molecule has 2 fully saturated rings. The summed E-state index contributed by atoms with van der Waals surface area (Å²) in [6, 6.07) is 6.51. The van der Waals surface area contributed by atoms with Crippen molar-refractivity contribution in [1.82, 2.24) is 26.2 Å². The van der Waals surface area contributed by atoms with Gasteiger partial charge in [0.25, 0.3) is 0 Å². The number of unbranched alkanes of at least 4 members (excludes halogenated alkanes) is 4. The average molecular weight is 727 g/mol. The molecule has 286 valence electrons. The minimum atomic E-state index is -1.57. The van der Waals surface area contributed by atoms with E-state index in [0.29, 0.717) is 12.0 Å². The maximum Gasteiger partial charge on any atom is 0.304 e. The molecule has 5 amide bonds.